The van der Waals surface area contributed by atoms with E-state index < -0.39 is 34.0 Å². The quantitative estimate of drug-likeness (QED) is 0.171. The van der Waals surface area contributed by atoms with E-state index in [0.29, 0.717) is 25.0 Å². The number of carboxylic acid groups (broad SMARTS) is 1. The van der Waals surface area contributed by atoms with E-state index in [1.165, 1.54) is 17.0 Å². The third kappa shape index (κ3) is 7.87. The Balaban J connectivity index is 2.28. The second kappa shape index (κ2) is 12.0. The summed E-state index contributed by atoms with van der Waals surface area (Å²) < 4.78 is 34.3. The standard InChI is InChI=1S/C22H35N5O6S/c1-14(2)33-16-6-4-7-17(13-16)34(31,32)26-18(8-5-10-25-22(23)24)20(28)27-11-9-15(3)12-19(27)21(29)30/h4,6-7,13-15,18-19,26H,5,8-12H2,1-3H3,(H,29,30)(H4,23,24,25)/t15-,18+,19-/m1/s1. The van der Waals surface area contributed by atoms with Crippen LogP contribution < -0.4 is 20.5 Å². The van der Waals surface area contributed by atoms with Gasteiger partial charge in [0.25, 0.3) is 0 Å². The molecule has 1 aliphatic rings. The fraction of sp³-hybridized carbons (Fsp3) is 0.591. The van der Waals surface area contributed by atoms with Crippen LogP contribution in [0.1, 0.15) is 46.5 Å². The Kier molecular flexibility index (Phi) is 9.68. The highest BCUT2D eigenvalue weighted by Crippen LogP contribution is 2.25. The van der Waals surface area contributed by atoms with Gasteiger partial charge in [0.15, 0.2) is 5.96 Å². The van der Waals surface area contributed by atoms with Gasteiger partial charge in [-0.2, -0.15) is 4.72 Å². The number of carbonyl (C=O) groups excluding carboxylic acids is 1. The predicted molar refractivity (Wildman–Crippen MR) is 127 cm³/mol. The van der Waals surface area contributed by atoms with Gasteiger partial charge in [0.05, 0.1) is 11.0 Å². The minimum Gasteiger partial charge on any atom is -0.491 e. The number of likely N-dealkylation sites (tertiary alicyclic amines) is 1. The molecule has 0 aliphatic carbocycles. The molecular formula is C22H35N5O6S. The summed E-state index contributed by atoms with van der Waals surface area (Å²) in [5, 5.41) is 19.5. The Morgan fingerprint density at radius 3 is 2.68 bits per heavy atom. The van der Waals surface area contributed by atoms with E-state index in [9.17, 15) is 23.1 Å². The number of carbonyl (C=O) groups is 2. The van der Waals surface area contributed by atoms with E-state index >= 15 is 0 Å². The molecule has 1 aliphatic heterocycles. The van der Waals surface area contributed by atoms with Crippen molar-refractivity contribution in [3.8, 4) is 5.75 Å². The molecule has 0 spiro atoms. The number of nitrogens with zero attached hydrogens (tertiary/aromatic N) is 1. The normalized spacial score (nSPS) is 19.5. The van der Waals surface area contributed by atoms with E-state index in [0.717, 1.165) is 0 Å². The van der Waals surface area contributed by atoms with Crippen molar-refractivity contribution in [2.45, 2.75) is 69.5 Å². The van der Waals surface area contributed by atoms with Gasteiger partial charge in [-0.15, -0.1) is 0 Å². The van der Waals surface area contributed by atoms with Crippen LogP contribution in [0.2, 0.25) is 0 Å². The van der Waals surface area contributed by atoms with E-state index in [-0.39, 0.29) is 42.4 Å². The number of carboxylic acids is 1. The highest BCUT2D eigenvalue weighted by atomic mass is 32.2. The Morgan fingerprint density at radius 2 is 2.06 bits per heavy atom. The molecule has 0 bridgehead atoms. The van der Waals surface area contributed by atoms with Crippen LogP contribution in [0.3, 0.4) is 0 Å². The first-order chi connectivity index (χ1) is 15.9. The topological polar surface area (TPSA) is 175 Å². The third-order valence-electron chi connectivity index (χ3n) is 5.50. The van der Waals surface area contributed by atoms with Gasteiger partial charge >= 0.3 is 5.97 Å². The first-order valence-electron chi connectivity index (χ1n) is 11.3. The van der Waals surface area contributed by atoms with Gasteiger partial charge in [-0.3, -0.25) is 10.2 Å². The zero-order valence-electron chi connectivity index (χ0n) is 19.8. The number of hydrogen-bond acceptors (Lipinski definition) is 6. The van der Waals surface area contributed by atoms with Crippen LogP contribution >= 0.6 is 0 Å². The van der Waals surface area contributed by atoms with Gasteiger partial charge < -0.3 is 25.8 Å². The molecule has 0 radical (unpaired) electrons. The second-order valence-electron chi connectivity index (χ2n) is 8.81. The molecule has 12 heteroatoms. The lowest BCUT2D eigenvalue weighted by atomic mass is 9.91. The van der Waals surface area contributed by atoms with Crippen LogP contribution in [0.5, 0.6) is 5.75 Å². The number of nitrogens with one attached hydrogen (secondary N) is 3. The lowest BCUT2D eigenvalue weighted by Gasteiger charge is -2.38. The summed E-state index contributed by atoms with van der Waals surface area (Å²) in [7, 11) is -4.12. The van der Waals surface area contributed by atoms with Crippen molar-refractivity contribution in [3.63, 3.8) is 0 Å². The lowest BCUT2D eigenvalue weighted by Crippen LogP contribution is -2.56. The average Bonchev–Trinajstić information content (AvgIpc) is 2.74. The Labute approximate surface area is 200 Å². The first kappa shape index (κ1) is 27.4. The average molecular weight is 498 g/mol. The van der Waals surface area contributed by atoms with Crippen molar-refractivity contribution in [2.24, 2.45) is 11.7 Å². The monoisotopic (exact) mass is 497 g/mol. The number of ether oxygens (including phenoxy) is 1. The Bertz CT molecular complexity index is 984. The van der Waals surface area contributed by atoms with Gasteiger partial charge in [-0.05, 0) is 57.6 Å². The molecule has 0 aromatic heterocycles. The van der Waals surface area contributed by atoms with E-state index in [1.54, 1.807) is 12.1 Å². The maximum absolute atomic E-state index is 13.4. The van der Waals surface area contributed by atoms with Crippen molar-refractivity contribution in [1.29, 1.82) is 5.41 Å². The van der Waals surface area contributed by atoms with Gasteiger partial charge in [0, 0.05) is 19.2 Å². The highest BCUT2D eigenvalue weighted by molar-refractivity contribution is 7.89. The zero-order valence-corrected chi connectivity index (χ0v) is 20.6. The fourth-order valence-electron chi connectivity index (χ4n) is 3.84. The van der Waals surface area contributed by atoms with E-state index in [1.807, 2.05) is 20.8 Å². The van der Waals surface area contributed by atoms with Gasteiger partial charge in [0.2, 0.25) is 15.9 Å². The molecule has 1 fully saturated rings. The smallest absolute Gasteiger partial charge is 0.326 e. The molecule has 1 aromatic rings. The minimum absolute atomic E-state index is 0.0626. The summed E-state index contributed by atoms with van der Waals surface area (Å²) >= 11 is 0. The number of rotatable bonds is 11. The molecule has 1 amide bonds. The van der Waals surface area contributed by atoms with Crippen LogP contribution in [-0.2, 0) is 19.6 Å². The van der Waals surface area contributed by atoms with Crippen molar-refractivity contribution in [3.05, 3.63) is 24.3 Å². The lowest BCUT2D eigenvalue weighted by molar-refractivity contribution is -0.153. The zero-order chi connectivity index (χ0) is 25.5. The molecule has 3 atom stereocenters. The number of hydrogen-bond donors (Lipinski definition) is 5. The molecule has 1 heterocycles. The van der Waals surface area contributed by atoms with Gasteiger partial charge in [-0.1, -0.05) is 13.0 Å². The molecule has 1 aromatic carbocycles. The second-order valence-corrected chi connectivity index (χ2v) is 10.5. The van der Waals surface area contributed by atoms with Crippen molar-refractivity contribution in [1.82, 2.24) is 14.9 Å². The maximum Gasteiger partial charge on any atom is 0.326 e. The van der Waals surface area contributed by atoms with Crippen LogP contribution in [-0.4, -0.2) is 67.5 Å². The molecule has 190 valence electrons. The SMILES string of the molecule is CC(C)Oc1cccc(S(=O)(=O)N[C@@H](CCCNC(=N)N)C(=O)N2CC[C@@H](C)C[C@@H]2C(=O)O)c1. The Hall–Kier alpha value is -2.86. The largest absolute Gasteiger partial charge is 0.491 e. The number of aliphatic carboxylic acids is 1. The van der Waals surface area contributed by atoms with E-state index in [4.69, 9.17) is 15.9 Å². The number of sulfonamides is 1. The number of nitrogens with two attached hydrogens (primary N) is 1. The fourth-order valence-corrected chi connectivity index (χ4v) is 5.10. The van der Waals surface area contributed by atoms with Crippen LogP contribution in [0.4, 0.5) is 0 Å². The third-order valence-corrected chi connectivity index (χ3v) is 6.97. The number of benzene rings is 1. The van der Waals surface area contributed by atoms with Gasteiger partial charge in [-0.25, -0.2) is 13.2 Å². The number of piperidine rings is 1. The molecule has 0 unspecified atom stereocenters. The van der Waals surface area contributed by atoms with E-state index in [2.05, 4.69) is 10.0 Å². The molecular weight excluding hydrogens is 462 g/mol. The predicted octanol–water partition coefficient (Wildman–Crippen LogP) is 1.10. The van der Waals surface area contributed by atoms with Gasteiger partial charge in [0.1, 0.15) is 17.8 Å². The number of amides is 1. The summed E-state index contributed by atoms with van der Waals surface area (Å²) in [4.78, 5) is 26.4. The van der Waals surface area contributed by atoms with Crippen LogP contribution in [0.15, 0.2) is 29.2 Å². The summed E-state index contributed by atoms with van der Waals surface area (Å²) in [5.74, 6) is -1.41. The molecule has 0 saturated carbocycles. The number of guanidine groups is 1. The molecule has 34 heavy (non-hydrogen) atoms. The summed E-state index contributed by atoms with van der Waals surface area (Å²) in [6.07, 6.45) is 1.22. The van der Waals surface area contributed by atoms with Crippen molar-refractivity contribution in [2.75, 3.05) is 13.1 Å². The molecule has 1 saturated heterocycles. The summed E-state index contributed by atoms with van der Waals surface area (Å²) in [6.45, 7) is 6.07. The summed E-state index contributed by atoms with van der Waals surface area (Å²) in [5.41, 5.74) is 5.29. The van der Waals surface area contributed by atoms with Crippen molar-refractivity contribution >= 4 is 27.9 Å². The van der Waals surface area contributed by atoms with Crippen LogP contribution in [0, 0.1) is 11.3 Å². The molecule has 11 nitrogen and oxygen atoms in total. The molecule has 6 N–H and O–H groups in total. The Morgan fingerprint density at radius 1 is 1.35 bits per heavy atom. The summed E-state index contributed by atoms with van der Waals surface area (Å²) in [6, 6.07) is 3.78. The maximum atomic E-state index is 13.4. The highest BCUT2D eigenvalue weighted by Gasteiger charge is 2.38. The molecule has 2 rings (SSSR count). The van der Waals surface area contributed by atoms with Crippen molar-refractivity contribution < 1.29 is 27.9 Å². The first-order valence-corrected chi connectivity index (χ1v) is 12.8. The van der Waals surface area contributed by atoms with Crippen LogP contribution in [0.25, 0.3) is 0 Å². The minimum atomic E-state index is -4.12.